The average molecular weight is 643 g/mol. The first kappa shape index (κ1) is 35.3. The maximum absolute atomic E-state index is 12.9. The summed E-state index contributed by atoms with van der Waals surface area (Å²) in [6.45, 7) is 2.58. The summed E-state index contributed by atoms with van der Waals surface area (Å²) in [5.74, 6) is -1.38. The number of likely N-dealkylation sites (N-methyl/N-ethyl adjacent to an activating group) is 1. The monoisotopic (exact) mass is 642 g/mol. The summed E-state index contributed by atoms with van der Waals surface area (Å²) in [5.41, 5.74) is 4.31. The van der Waals surface area contributed by atoms with Gasteiger partial charge in [0.1, 0.15) is 0 Å². The Kier molecular flexibility index (Phi) is 13.0. The molecule has 0 spiro atoms. The van der Waals surface area contributed by atoms with E-state index in [9.17, 15) is 24.9 Å². The number of rotatable bonds is 16. The number of benzene rings is 1. The highest BCUT2D eigenvalue weighted by Gasteiger charge is 2.29. The number of aliphatic hydroxyl groups excluding tert-OH is 4. The highest BCUT2D eigenvalue weighted by Crippen LogP contribution is 2.16. The minimum absolute atomic E-state index is 0.0471. The maximum atomic E-state index is 12.9. The number of carbonyl (C=O) groups is 2. The number of hydrogen-bond acceptors (Lipinski definition) is 10. The van der Waals surface area contributed by atoms with Gasteiger partial charge in [-0.15, -0.1) is 0 Å². The molecule has 0 unspecified atom stereocenters. The van der Waals surface area contributed by atoms with E-state index in [4.69, 9.17) is 5.11 Å². The Balaban J connectivity index is 1.29. The van der Waals surface area contributed by atoms with Gasteiger partial charge in [0.15, 0.2) is 0 Å². The van der Waals surface area contributed by atoms with Crippen LogP contribution in [0.2, 0.25) is 0 Å². The van der Waals surface area contributed by atoms with Crippen LogP contribution in [0.5, 0.6) is 0 Å². The van der Waals surface area contributed by atoms with Gasteiger partial charge in [0.25, 0.3) is 5.91 Å². The normalized spacial score (nSPS) is 13.9. The summed E-state index contributed by atoms with van der Waals surface area (Å²) in [6.07, 6.45) is 1.34. The number of carbonyl (C=O) groups excluding carboxylic acids is 2. The lowest BCUT2D eigenvalue weighted by Gasteiger charge is -2.29. The summed E-state index contributed by atoms with van der Waals surface area (Å²) in [6, 6.07) is 22.0. The summed E-state index contributed by atoms with van der Waals surface area (Å²) < 4.78 is 0. The van der Waals surface area contributed by atoms with Crippen LogP contribution in [0.25, 0.3) is 0 Å². The van der Waals surface area contributed by atoms with Crippen molar-refractivity contribution in [3.63, 3.8) is 0 Å². The second-order valence-electron chi connectivity index (χ2n) is 11.6. The maximum Gasteiger partial charge on any atom is 0.257 e. The zero-order valence-electron chi connectivity index (χ0n) is 26.6. The van der Waals surface area contributed by atoms with Gasteiger partial charge in [0.2, 0.25) is 5.91 Å². The molecule has 47 heavy (non-hydrogen) atoms. The number of hydrogen-bond donors (Lipinski definition) is 5. The highest BCUT2D eigenvalue weighted by molar-refractivity contribution is 6.04. The number of pyridine rings is 3. The topological polar surface area (TPSA) is 172 Å². The summed E-state index contributed by atoms with van der Waals surface area (Å²) >= 11 is 0. The molecule has 0 aliphatic rings. The second-order valence-corrected chi connectivity index (χ2v) is 11.6. The van der Waals surface area contributed by atoms with Crippen molar-refractivity contribution in [2.24, 2.45) is 5.92 Å². The Labute approximate surface area is 274 Å². The molecular formula is C35H42N6O6. The lowest BCUT2D eigenvalue weighted by Crippen LogP contribution is -2.46. The summed E-state index contributed by atoms with van der Waals surface area (Å²) in [4.78, 5) is 42.6. The van der Waals surface area contributed by atoms with Crippen LogP contribution in [0.3, 0.4) is 0 Å². The van der Waals surface area contributed by atoms with Gasteiger partial charge in [-0.1, -0.05) is 31.2 Å². The predicted molar refractivity (Wildman–Crippen MR) is 176 cm³/mol. The van der Waals surface area contributed by atoms with Crippen LogP contribution in [-0.2, 0) is 30.8 Å². The van der Waals surface area contributed by atoms with E-state index < -0.39 is 30.8 Å². The Hall–Kier alpha value is -4.59. The fraction of sp³-hybridized carbons (Fsp3) is 0.343. The van der Waals surface area contributed by atoms with E-state index in [0.717, 1.165) is 17.1 Å². The molecule has 12 heteroatoms. The van der Waals surface area contributed by atoms with E-state index in [2.05, 4.69) is 25.2 Å². The molecule has 0 bridgehead atoms. The van der Waals surface area contributed by atoms with Crippen LogP contribution >= 0.6 is 0 Å². The van der Waals surface area contributed by atoms with Crippen molar-refractivity contribution in [3.05, 3.63) is 120 Å². The standard InChI is InChI=1S/C35H42N6O6/c1-24(32(44)23-42)34(46)31(43)22-40(2)33(45)17-25-9-12-27(13-10-25)39-35(47)26-11-14-30(38-18-26)21-41(19-28-7-3-5-15-36-28)20-29-8-4-6-16-37-29/h3-16,18,24,31-32,34,42-44,46H,17,19-23H2,1-2H3,(H,39,47)/t24-,31+,32-,34+/m1/s1. The van der Waals surface area contributed by atoms with Gasteiger partial charge in [0, 0.05) is 63.4 Å². The second kappa shape index (κ2) is 17.4. The number of nitrogens with one attached hydrogen (secondary N) is 1. The van der Waals surface area contributed by atoms with E-state index in [1.807, 2.05) is 42.5 Å². The molecule has 248 valence electrons. The summed E-state index contributed by atoms with van der Waals surface area (Å²) in [7, 11) is 1.51. The molecule has 0 aliphatic heterocycles. The highest BCUT2D eigenvalue weighted by atomic mass is 16.3. The van der Waals surface area contributed by atoms with Crippen LogP contribution in [0.1, 0.15) is 39.9 Å². The molecular weight excluding hydrogens is 600 g/mol. The van der Waals surface area contributed by atoms with Crippen LogP contribution in [0.4, 0.5) is 5.69 Å². The van der Waals surface area contributed by atoms with E-state index in [1.165, 1.54) is 18.9 Å². The fourth-order valence-electron chi connectivity index (χ4n) is 4.94. The predicted octanol–water partition coefficient (Wildman–Crippen LogP) is 2.04. The van der Waals surface area contributed by atoms with Crippen molar-refractivity contribution in [3.8, 4) is 0 Å². The number of anilines is 1. The van der Waals surface area contributed by atoms with Gasteiger partial charge >= 0.3 is 0 Å². The van der Waals surface area contributed by atoms with Crippen molar-refractivity contribution in [2.45, 2.75) is 51.3 Å². The average Bonchev–Trinajstić information content (AvgIpc) is 3.09. The lowest BCUT2D eigenvalue weighted by molar-refractivity contribution is -0.132. The minimum Gasteiger partial charge on any atom is -0.394 e. The lowest BCUT2D eigenvalue weighted by atomic mass is 9.94. The van der Waals surface area contributed by atoms with E-state index >= 15 is 0 Å². The number of amides is 2. The first-order chi connectivity index (χ1) is 22.6. The van der Waals surface area contributed by atoms with Crippen molar-refractivity contribution in [2.75, 3.05) is 25.5 Å². The zero-order valence-corrected chi connectivity index (χ0v) is 26.6. The van der Waals surface area contributed by atoms with Gasteiger partial charge < -0.3 is 30.6 Å². The van der Waals surface area contributed by atoms with Crippen molar-refractivity contribution >= 4 is 17.5 Å². The first-order valence-corrected chi connectivity index (χ1v) is 15.4. The zero-order chi connectivity index (χ0) is 33.8. The number of nitrogens with zero attached hydrogens (tertiary/aromatic N) is 5. The smallest absolute Gasteiger partial charge is 0.257 e. The molecule has 3 heterocycles. The van der Waals surface area contributed by atoms with Crippen LogP contribution in [0.15, 0.2) is 91.4 Å². The summed E-state index contributed by atoms with van der Waals surface area (Å²) in [5, 5.41) is 42.2. The molecule has 1 aromatic carbocycles. The molecule has 0 fully saturated rings. The quantitative estimate of drug-likeness (QED) is 0.122. The van der Waals surface area contributed by atoms with Gasteiger partial charge in [-0.3, -0.25) is 29.4 Å². The molecule has 4 rings (SSSR count). The van der Waals surface area contributed by atoms with Gasteiger partial charge in [-0.25, -0.2) is 0 Å². The van der Waals surface area contributed by atoms with Crippen molar-refractivity contribution in [1.29, 1.82) is 0 Å². The van der Waals surface area contributed by atoms with Crippen LogP contribution < -0.4 is 5.32 Å². The Morgan fingerprint density at radius 2 is 1.38 bits per heavy atom. The molecule has 0 saturated heterocycles. The van der Waals surface area contributed by atoms with E-state index in [0.29, 0.717) is 36.4 Å². The number of aliphatic hydroxyl groups is 4. The van der Waals surface area contributed by atoms with Crippen molar-refractivity contribution in [1.82, 2.24) is 24.8 Å². The van der Waals surface area contributed by atoms with E-state index in [1.54, 1.807) is 48.9 Å². The van der Waals surface area contributed by atoms with Gasteiger partial charge in [-0.2, -0.15) is 0 Å². The van der Waals surface area contributed by atoms with Crippen molar-refractivity contribution < 1.29 is 30.0 Å². The van der Waals surface area contributed by atoms with Gasteiger partial charge in [-0.05, 0) is 54.1 Å². The third-order valence-electron chi connectivity index (χ3n) is 7.88. The van der Waals surface area contributed by atoms with E-state index in [-0.39, 0.29) is 24.8 Å². The van der Waals surface area contributed by atoms with Crippen LogP contribution in [-0.4, -0.2) is 95.5 Å². The molecule has 5 N–H and O–H groups in total. The molecule has 0 radical (unpaired) electrons. The Morgan fingerprint density at radius 3 is 1.89 bits per heavy atom. The molecule has 3 aromatic heterocycles. The third kappa shape index (κ3) is 10.7. The fourth-order valence-corrected chi connectivity index (χ4v) is 4.94. The third-order valence-corrected chi connectivity index (χ3v) is 7.88. The minimum atomic E-state index is -1.31. The molecule has 12 nitrogen and oxygen atoms in total. The molecule has 0 aliphatic carbocycles. The number of aromatic nitrogens is 3. The Bertz CT molecular complexity index is 1500. The first-order valence-electron chi connectivity index (χ1n) is 15.4. The van der Waals surface area contributed by atoms with Crippen LogP contribution in [0, 0.1) is 5.92 Å². The molecule has 4 aromatic rings. The SMILES string of the molecule is C[C@@H]([C@H](O)[C@@H](O)CN(C)C(=O)Cc1ccc(NC(=O)c2ccc(CN(Cc3ccccn3)Cc3ccccn3)nc2)cc1)[C@H](O)CO. The largest absolute Gasteiger partial charge is 0.394 e. The Morgan fingerprint density at radius 1 is 0.787 bits per heavy atom. The molecule has 4 atom stereocenters. The molecule has 2 amide bonds. The molecule has 0 saturated carbocycles. The van der Waals surface area contributed by atoms with Gasteiger partial charge in [0.05, 0.1) is 54.0 Å².